The Balaban J connectivity index is 4.12. The van der Waals surface area contributed by atoms with E-state index in [0.717, 1.165) is 12.8 Å². The summed E-state index contributed by atoms with van der Waals surface area (Å²) in [6.07, 6.45) is 5.39. The van der Waals surface area contributed by atoms with E-state index >= 15 is 0 Å². The van der Waals surface area contributed by atoms with Gasteiger partial charge in [0.25, 0.3) is 0 Å². The topological polar surface area (TPSA) is 33.0 Å². The van der Waals surface area contributed by atoms with Gasteiger partial charge in [-0.05, 0) is 38.6 Å². The fourth-order valence-corrected chi connectivity index (χ4v) is 1.56. The van der Waals surface area contributed by atoms with Gasteiger partial charge in [-0.2, -0.15) is 5.26 Å². The van der Waals surface area contributed by atoms with Crippen molar-refractivity contribution in [3.63, 3.8) is 0 Å². The maximum Gasteiger partial charge on any atom is 0.243 e. The van der Waals surface area contributed by atoms with Gasteiger partial charge in [0.1, 0.15) is 6.07 Å². The average Bonchev–Trinajstić information content (AvgIpc) is 2.01. The molecule has 0 aromatic heterocycles. The van der Waals surface area contributed by atoms with Crippen LogP contribution in [0.1, 0.15) is 12.8 Å². The van der Waals surface area contributed by atoms with E-state index in [9.17, 15) is 0 Å². The Kier molecular flexibility index (Phi) is 5.16. The summed E-state index contributed by atoms with van der Waals surface area (Å²) in [5.41, 5.74) is 0. The van der Waals surface area contributed by atoms with Gasteiger partial charge in [0.15, 0.2) is 5.76 Å². The van der Waals surface area contributed by atoms with E-state index in [0.29, 0.717) is 5.76 Å². The maximum atomic E-state index is 8.74. The van der Waals surface area contributed by atoms with E-state index in [1.54, 1.807) is 0 Å². The zero-order chi connectivity index (χ0) is 10.3. The van der Waals surface area contributed by atoms with Crippen molar-refractivity contribution in [3.05, 3.63) is 24.5 Å². The standard InChI is InChI=1S/C10H17NOSi/c1-5-6-7-8-10(9-11)12-13(2,3)4/h5,8H,1,6-7H2,2-4H3. The summed E-state index contributed by atoms with van der Waals surface area (Å²) < 4.78 is 5.54. The molecule has 0 spiro atoms. The van der Waals surface area contributed by atoms with Crippen molar-refractivity contribution in [1.29, 1.82) is 5.26 Å². The Bertz CT molecular complexity index is 232. The largest absolute Gasteiger partial charge is 0.537 e. The first-order valence-corrected chi connectivity index (χ1v) is 7.80. The zero-order valence-corrected chi connectivity index (χ0v) is 9.63. The van der Waals surface area contributed by atoms with E-state index in [1.165, 1.54) is 0 Å². The molecule has 0 saturated heterocycles. The molecule has 0 fully saturated rings. The quantitative estimate of drug-likeness (QED) is 0.222. The number of nitrogens with zero attached hydrogens (tertiary/aromatic N) is 1. The average molecular weight is 195 g/mol. The van der Waals surface area contributed by atoms with Gasteiger partial charge in [0.2, 0.25) is 8.32 Å². The Morgan fingerprint density at radius 3 is 2.46 bits per heavy atom. The zero-order valence-electron chi connectivity index (χ0n) is 8.63. The molecule has 0 aromatic carbocycles. The molecule has 0 aliphatic heterocycles. The van der Waals surface area contributed by atoms with Crippen molar-refractivity contribution in [2.45, 2.75) is 32.5 Å². The first-order valence-electron chi connectivity index (χ1n) is 4.40. The van der Waals surface area contributed by atoms with Crippen molar-refractivity contribution in [2.75, 3.05) is 0 Å². The Morgan fingerprint density at radius 1 is 1.46 bits per heavy atom. The first kappa shape index (κ1) is 12.0. The second-order valence-electron chi connectivity index (χ2n) is 3.76. The number of rotatable bonds is 5. The smallest absolute Gasteiger partial charge is 0.243 e. The minimum Gasteiger partial charge on any atom is -0.537 e. The van der Waals surface area contributed by atoms with Crippen molar-refractivity contribution in [2.24, 2.45) is 0 Å². The molecule has 2 nitrogen and oxygen atoms in total. The predicted molar refractivity (Wildman–Crippen MR) is 57.6 cm³/mol. The Hall–Kier alpha value is -1.01. The summed E-state index contributed by atoms with van der Waals surface area (Å²) in [4.78, 5) is 0. The fraction of sp³-hybridized carbons (Fsp3) is 0.500. The SMILES string of the molecule is C=CCCC=C(C#N)O[Si](C)(C)C. The van der Waals surface area contributed by atoms with Gasteiger partial charge in [0.05, 0.1) is 0 Å². The van der Waals surface area contributed by atoms with E-state index in [2.05, 4.69) is 32.3 Å². The molecule has 3 heteroatoms. The van der Waals surface area contributed by atoms with Gasteiger partial charge in [-0.15, -0.1) is 6.58 Å². The summed E-state index contributed by atoms with van der Waals surface area (Å²) >= 11 is 0. The van der Waals surface area contributed by atoms with Gasteiger partial charge >= 0.3 is 0 Å². The molecule has 0 unspecified atom stereocenters. The molecular weight excluding hydrogens is 178 g/mol. The van der Waals surface area contributed by atoms with Crippen LogP contribution in [-0.4, -0.2) is 8.32 Å². The minimum absolute atomic E-state index is 0.459. The molecule has 0 aliphatic carbocycles. The lowest BCUT2D eigenvalue weighted by Crippen LogP contribution is -2.24. The van der Waals surface area contributed by atoms with Crippen LogP contribution >= 0.6 is 0 Å². The third kappa shape index (κ3) is 7.35. The molecule has 0 heterocycles. The van der Waals surface area contributed by atoms with E-state index in [-0.39, 0.29) is 0 Å². The number of hydrogen-bond donors (Lipinski definition) is 0. The van der Waals surface area contributed by atoms with Gasteiger partial charge in [-0.3, -0.25) is 0 Å². The van der Waals surface area contributed by atoms with Crippen LogP contribution in [0.4, 0.5) is 0 Å². The van der Waals surface area contributed by atoms with Gasteiger partial charge in [0, 0.05) is 0 Å². The fourth-order valence-electron chi connectivity index (χ4n) is 0.772. The molecule has 13 heavy (non-hydrogen) atoms. The molecule has 0 saturated carbocycles. The van der Waals surface area contributed by atoms with Crippen molar-refractivity contribution < 1.29 is 4.43 Å². The minimum atomic E-state index is -1.62. The third-order valence-electron chi connectivity index (χ3n) is 1.23. The highest BCUT2D eigenvalue weighted by Crippen LogP contribution is 2.10. The summed E-state index contributed by atoms with van der Waals surface area (Å²) in [5, 5.41) is 8.74. The Labute approximate surface area is 81.7 Å². The highest BCUT2D eigenvalue weighted by Gasteiger charge is 2.16. The predicted octanol–water partition coefficient (Wildman–Crippen LogP) is 3.21. The van der Waals surface area contributed by atoms with Crippen LogP contribution in [0, 0.1) is 11.3 Å². The highest BCUT2D eigenvalue weighted by atomic mass is 28.4. The number of unbranched alkanes of at least 4 members (excludes halogenated alkanes) is 1. The van der Waals surface area contributed by atoms with Crippen LogP contribution in [0.25, 0.3) is 0 Å². The second kappa shape index (κ2) is 5.60. The molecule has 0 N–H and O–H groups in total. The highest BCUT2D eigenvalue weighted by molar-refractivity contribution is 6.70. The number of hydrogen-bond acceptors (Lipinski definition) is 2. The van der Waals surface area contributed by atoms with Crippen LogP contribution in [0.3, 0.4) is 0 Å². The van der Waals surface area contributed by atoms with Gasteiger partial charge < -0.3 is 4.43 Å². The molecule has 0 radical (unpaired) electrons. The lowest BCUT2D eigenvalue weighted by atomic mass is 10.3. The maximum absolute atomic E-state index is 8.74. The summed E-state index contributed by atoms with van der Waals surface area (Å²) in [6, 6.07) is 2.06. The molecule has 72 valence electrons. The summed E-state index contributed by atoms with van der Waals surface area (Å²) in [7, 11) is -1.62. The molecule has 0 amide bonds. The van der Waals surface area contributed by atoms with E-state index < -0.39 is 8.32 Å². The van der Waals surface area contributed by atoms with Gasteiger partial charge in [-0.1, -0.05) is 6.08 Å². The molecule has 0 atom stereocenters. The normalized spacial score (nSPS) is 12.0. The van der Waals surface area contributed by atoms with E-state index in [1.807, 2.05) is 12.2 Å². The Morgan fingerprint density at radius 2 is 2.08 bits per heavy atom. The van der Waals surface area contributed by atoms with Crippen LogP contribution < -0.4 is 0 Å². The van der Waals surface area contributed by atoms with Crippen LogP contribution in [-0.2, 0) is 4.43 Å². The van der Waals surface area contributed by atoms with Crippen LogP contribution in [0.5, 0.6) is 0 Å². The number of nitriles is 1. The molecular formula is C10H17NOSi. The first-order chi connectivity index (χ1) is 5.99. The van der Waals surface area contributed by atoms with Gasteiger partial charge in [-0.25, -0.2) is 0 Å². The second-order valence-corrected chi connectivity index (χ2v) is 8.19. The van der Waals surface area contributed by atoms with Crippen molar-refractivity contribution in [1.82, 2.24) is 0 Å². The monoisotopic (exact) mass is 195 g/mol. The number of allylic oxidation sites excluding steroid dienone is 3. The summed E-state index contributed by atoms with van der Waals surface area (Å²) in [5.74, 6) is 0.459. The summed E-state index contributed by atoms with van der Waals surface area (Å²) in [6.45, 7) is 9.80. The van der Waals surface area contributed by atoms with Crippen LogP contribution in [0.2, 0.25) is 19.6 Å². The van der Waals surface area contributed by atoms with Crippen molar-refractivity contribution in [3.8, 4) is 6.07 Å². The molecule has 0 rings (SSSR count). The molecule has 0 aromatic rings. The molecule has 0 aliphatic rings. The lowest BCUT2D eigenvalue weighted by molar-refractivity contribution is 0.442. The third-order valence-corrected chi connectivity index (χ3v) is 2.06. The molecule has 0 bridgehead atoms. The lowest BCUT2D eigenvalue weighted by Gasteiger charge is -2.17. The van der Waals surface area contributed by atoms with Crippen LogP contribution in [0.15, 0.2) is 24.5 Å². The van der Waals surface area contributed by atoms with E-state index in [4.69, 9.17) is 9.69 Å². The van der Waals surface area contributed by atoms with Crippen molar-refractivity contribution >= 4 is 8.32 Å².